The minimum absolute atomic E-state index is 0.0535. The van der Waals surface area contributed by atoms with Gasteiger partial charge >= 0.3 is 0 Å². The lowest BCUT2D eigenvalue weighted by Gasteiger charge is -2.04. The predicted molar refractivity (Wildman–Crippen MR) is 56.4 cm³/mol. The fraction of sp³-hybridized carbons (Fsp3) is 0. The van der Waals surface area contributed by atoms with Gasteiger partial charge in [-0.2, -0.15) is 13.5 Å². The molecule has 84 valence electrons. The van der Waals surface area contributed by atoms with Crippen molar-refractivity contribution in [2.24, 2.45) is 0 Å². The van der Waals surface area contributed by atoms with E-state index in [4.69, 9.17) is 11.6 Å². The maximum atomic E-state index is 11.7. The average Bonchev–Trinajstić information content (AvgIpc) is 2.69. The van der Waals surface area contributed by atoms with Crippen LogP contribution in [-0.2, 0) is 10.0 Å². The van der Waals surface area contributed by atoms with Crippen LogP contribution in [-0.4, -0.2) is 28.6 Å². The molecule has 0 spiro atoms. The standard InChI is InChI=1S/C7H6ClN5O2S/c8-5-3-6(10-4-9-5)13-16(14,15)7-1-2-11-12-7/h1-4H,(H,11,12)(H,9,10,13). The molecular weight excluding hydrogens is 254 g/mol. The van der Waals surface area contributed by atoms with Crippen LogP contribution in [0, 0.1) is 0 Å². The highest BCUT2D eigenvalue weighted by molar-refractivity contribution is 7.92. The highest BCUT2D eigenvalue weighted by Crippen LogP contribution is 2.13. The number of halogens is 1. The van der Waals surface area contributed by atoms with Crippen LogP contribution in [0.4, 0.5) is 5.82 Å². The van der Waals surface area contributed by atoms with E-state index in [-0.39, 0.29) is 16.0 Å². The Hall–Kier alpha value is -1.67. The van der Waals surface area contributed by atoms with Gasteiger partial charge in [-0.05, 0) is 6.07 Å². The van der Waals surface area contributed by atoms with E-state index in [1.165, 1.54) is 18.3 Å². The lowest BCUT2D eigenvalue weighted by molar-refractivity contribution is 0.597. The topological polar surface area (TPSA) is 101 Å². The number of sulfonamides is 1. The summed E-state index contributed by atoms with van der Waals surface area (Å²) in [7, 11) is -3.70. The molecular formula is C7H6ClN5O2S. The second-order valence-electron chi connectivity index (χ2n) is 2.75. The van der Waals surface area contributed by atoms with E-state index in [0.717, 1.165) is 6.33 Å². The van der Waals surface area contributed by atoms with Crippen LogP contribution in [0.1, 0.15) is 0 Å². The molecule has 2 heterocycles. The Labute approximate surface area is 95.9 Å². The first-order chi connectivity index (χ1) is 7.58. The van der Waals surface area contributed by atoms with E-state index in [0.29, 0.717) is 0 Å². The third-order valence-electron chi connectivity index (χ3n) is 1.64. The summed E-state index contributed by atoms with van der Waals surface area (Å²) >= 11 is 5.59. The van der Waals surface area contributed by atoms with Gasteiger partial charge < -0.3 is 0 Å². The van der Waals surface area contributed by atoms with Crippen LogP contribution in [0.5, 0.6) is 0 Å². The quantitative estimate of drug-likeness (QED) is 0.789. The summed E-state index contributed by atoms with van der Waals surface area (Å²) in [5, 5.41) is 5.98. The van der Waals surface area contributed by atoms with E-state index in [9.17, 15) is 8.42 Å². The molecule has 0 bridgehead atoms. The minimum Gasteiger partial charge on any atom is -0.266 e. The number of nitrogens with zero attached hydrogens (tertiary/aromatic N) is 3. The summed E-state index contributed by atoms with van der Waals surface area (Å²) in [5.74, 6) is 0.0922. The van der Waals surface area contributed by atoms with Crippen molar-refractivity contribution in [2.75, 3.05) is 4.72 Å². The van der Waals surface area contributed by atoms with Crippen LogP contribution in [0.2, 0.25) is 5.15 Å². The monoisotopic (exact) mass is 259 g/mol. The number of aromatic nitrogens is 4. The fourth-order valence-corrected chi connectivity index (χ4v) is 2.03. The van der Waals surface area contributed by atoms with Gasteiger partial charge in [0.15, 0.2) is 5.03 Å². The number of anilines is 1. The molecule has 9 heteroatoms. The highest BCUT2D eigenvalue weighted by atomic mass is 35.5. The Balaban J connectivity index is 2.29. The SMILES string of the molecule is O=S(=O)(Nc1cc(Cl)ncn1)c1ccn[nH]1. The number of rotatable bonds is 3. The second kappa shape index (κ2) is 4.06. The zero-order chi connectivity index (χ0) is 11.6. The van der Waals surface area contributed by atoms with Gasteiger partial charge in [0.2, 0.25) is 0 Å². The Bertz CT molecular complexity index is 583. The molecule has 0 saturated carbocycles. The van der Waals surface area contributed by atoms with E-state index in [2.05, 4.69) is 24.9 Å². The molecule has 0 aliphatic carbocycles. The molecule has 0 aliphatic rings. The zero-order valence-electron chi connectivity index (χ0n) is 7.75. The van der Waals surface area contributed by atoms with Crippen molar-refractivity contribution in [1.29, 1.82) is 0 Å². The molecule has 0 radical (unpaired) electrons. The van der Waals surface area contributed by atoms with Gasteiger partial charge in [0.05, 0.1) is 6.20 Å². The summed E-state index contributed by atoms with van der Waals surface area (Å²) in [5.41, 5.74) is 0. The van der Waals surface area contributed by atoms with Gasteiger partial charge in [0, 0.05) is 6.07 Å². The predicted octanol–water partition coefficient (Wildman–Crippen LogP) is 0.654. The number of nitrogens with one attached hydrogen (secondary N) is 2. The summed E-state index contributed by atoms with van der Waals surface area (Å²) in [6.07, 6.45) is 2.49. The number of hydrogen-bond donors (Lipinski definition) is 2. The molecule has 0 aliphatic heterocycles. The van der Waals surface area contributed by atoms with Crippen LogP contribution in [0.3, 0.4) is 0 Å². The molecule has 0 unspecified atom stereocenters. The molecule has 16 heavy (non-hydrogen) atoms. The van der Waals surface area contributed by atoms with E-state index in [1.54, 1.807) is 0 Å². The zero-order valence-corrected chi connectivity index (χ0v) is 9.33. The summed E-state index contributed by atoms with van der Waals surface area (Å²) < 4.78 is 25.6. The average molecular weight is 260 g/mol. The fourth-order valence-electron chi connectivity index (χ4n) is 0.975. The van der Waals surface area contributed by atoms with Gasteiger partial charge in [-0.15, -0.1) is 0 Å². The van der Waals surface area contributed by atoms with Crippen LogP contribution in [0.25, 0.3) is 0 Å². The lowest BCUT2D eigenvalue weighted by atomic mass is 10.6. The van der Waals surface area contributed by atoms with Crippen LogP contribution < -0.4 is 4.72 Å². The molecule has 0 atom stereocenters. The van der Waals surface area contributed by atoms with Gasteiger partial charge in [0.25, 0.3) is 10.0 Å². The molecule has 0 saturated heterocycles. The van der Waals surface area contributed by atoms with Crippen molar-refractivity contribution >= 4 is 27.4 Å². The molecule has 0 fully saturated rings. The van der Waals surface area contributed by atoms with Crippen molar-refractivity contribution in [1.82, 2.24) is 20.2 Å². The summed E-state index contributed by atoms with van der Waals surface area (Å²) in [6.45, 7) is 0. The molecule has 2 aromatic heterocycles. The lowest BCUT2D eigenvalue weighted by Crippen LogP contribution is -2.14. The molecule has 0 amide bonds. The number of aromatic amines is 1. The summed E-state index contributed by atoms with van der Waals surface area (Å²) in [6, 6.07) is 2.63. The second-order valence-corrected chi connectivity index (χ2v) is 4.79. The number of H-pyrrole nitrogens is 1. The Kier molecular flexibility index (Phi) is 2.75. The first-order valence-electron chi connectivity index (χ1n) is 4.08. The van der Waals surface area contributed by atoms with Gasteiger partial charge in [-0.1, -0.05) is 11.6 Å². The van der Waals surface area contributed by atoms with Gasteiger partial charge in [0.1, 0.15) is 17.3 Å². The van der Waals surface area contributed by atoms with Crippen molar-refractivity contribution in [3.63, 3.8) is 0 Å². The van der Waals surface area contributed by atoms with Gasteiger partial charge in [-0.3, -0.25) is 9.82 Å². The van der Waals surface area contributed by atoms with Crippen LogP contribution in [0.15, 0.2) is 29.7 Å². The van der Waals surface area contributed by atoms with Crippen molar-refractivity contribution in [3.05, 3.63) is 29.8 Å². The van der Waals surface area contributed by atoms with E-state index >= 15 is 0 Å². The van der Waals surface area contributed by atoms with Gasteiger partial charge in [-0.25, -0.2) is 9.97 Å². The van der Waals surface area contributed by atoms with E-state index < -0.39 is 10.0 Å². The van der Waals surface area contributed by atoms with Crippen molar-refractivity contribution < 1.29 is 8.42 Å². The molecule has 2 rings (SSSR count). The number of hydrogen-bond acceptors (Lipinski definition) is 5. The maximum absolute atomic E-state index is 11.7. The molecule has 2 N–H and O–H groups in total. The maximum Gasteiger partial charge on any atom is 0.279 e. The highest BCUT2D eigenvalue weighted by Gasteiger charge is 2.16. The van der Waals surface area contributed by atoms with Crippen molar-refractivity contribution in [3.8, 4) is 0 Å². The normalized spacial score (nSPS) is 11.3. The molecule has 2 aromatic rings. The first-order valence-corrected chi connectivity index (χ1v) is 5.94. The Morgan fingerprint density at radius 3 is 2.81 bits per heavy atom. The van der Waals surface area contributed by atoms with Crippen LogP contribution >= 0.6 is 11.6 Å². The Morgan fingerprint density at radius 2 is 2.19 bits per heavy atom. The third kappa shape index (κ3) is 2.28. The summed E-state index contributed by atoms with van der Waals surface area (Å²) in [4.78, 5) is 7.35. The molecule has 0 aromatic carbocycles. The molecule has 7 nitrogen and oxygen atoms in total. The third-order valence-corrected chi connectivity index (χ3v) is 3.13. The smallest absolute Gasteiger partial charge is 0.266 e. The van der Waals surface area contributed by atoms with E-state index in [1.807, 2.05) is 0 Å². The van der Waals surface area contributed by atoms with Crippen molar-refractivity contribution in [2.45, 2.75) is 5.03 Å². The largest absolute Gasteiger partial charge is 0.279 e. The first kappa shape index (κ1) is 10.8. The minimum atomic E-state index is -3.70. The Morgan fingerprint density at radius 1 is 1.38 bits per heavy atom.